The van der Waals surface area contributed by atoms with Crippen LogP contribution in [0.1, 0.15) is 85.5 Å². The van der Waals surface area contributed by atoms with Crippen molar-refractivity contribution < 1.29 is 33.5 Å². The van der Waals surface area contributed by atoms with Crippen molar-refractivity contribution in [1.29, 1.82) is 0 Å². The number of ether oxygens (including phenoxy) is 6. The van der Waals surface area contributed by atoms with Gasteiger partial charge in [0.25, 0.3) is 0 Å². The predicted molar refractivity (Wildman–Crippen MR) is 135 cm³/mol. The number of aliphatic hydroxyl groups excluding tert-OH is 1. The Morgan fingerprint density at radius 1 is 0.735 bits per heavy atom. The first-order chi connectivity index (χ1) is 16.6. The molecule has 1 heterocycles. The summed E-state index contributed by atoms with van der Waals surface area (Å²) in [6, 6.07) is 0. The highest BCUT2D eigenvalue weighted by atomic mass is 16.7. The second-order valence-corrected chi connectivity index (χ2v) is 9.00. The van der Waals surface area contributed by atoms with Crippen molar-refractivity contribution in [3.05, 3.63) is 12.7 Å². The van der Waals surface area contributed by atoms with Crippen LogP contribution in [0.4, 0.5) is 0 Å². The maximum atomic E-state index is 9.87. The van der Waals surface area contributed by atoms with Crippen LogP contribution in [0.25, 0.3) is 0 Å². The van der Waals surface area contributed by atoms with Gasteiger partial charge in [-0.05, 0) is 25.7 Å². The van der Waals surface area contributed by atoms with Crippen LogP contribution in [-0.4, -0.2) is 81.6 Å². The number of rotatable bonds is 22. The highest BCUT2D eigenvalue weighted by Gasteiger charge is 2.48. The van der Waals surface area contributed by atoms with Gasteiger partial charge in [-0.15, -0.1) is 6.58 Å². The third kappa shape index (κ3) is 12.4. The second kappa shape index (κ2) is 20.6. The molecule has 0 radical (unpaired) electrons. The van der Waals surface area contributed by atoms with E-state index in [1.54, 1.807) is 0 Å². The smallest absolute Gasteiger partial charge is 0.186 e. The van der Waals surface area contributed by atoms with Gasteiger partial charge in [0.05, 0.1) is 19.3 Å². The lowest BCUT2D eigenvalue weighted by Gasteiger charge is -2.46. The average molecular weight is 489 g/mol. The molecule has 1 aliphatic rings. The van der Waals surface area contributed by atoms with Gasteiger partial charge >= 0.3 is 0 Å². The van der Waals surface area contributed by atoms with E-state index in [0.717, 1.165) is 51.4 Å². The molecule has 7 heteroatoms. The van der Waals surface area contributed by atoms with Gasteiger partial charge in [0.1, 0.15) is 24.4 Å². The molecule has 0 aromatic rings. The first-order valence-electron chi connectivity index (χ1n) is 13.6. The average Bonchev–Trinajstić information content (AvgIpc) is 2.84. The number of aliphatic hydroxyl groups is 1. The highest BCUT2D eigenvalue weighted by Crippen LogP contribution is 2.30. The lowest BCUT2D eigenvalue weighted by molar-refractivity contribution is -0.324. The molecule has 0 bridgehead atoms. The monoisotopic (exact) mass is 488 g/mol. The SMILES string of the molecule is C=C[C@@H](O)CCO[C@H]1OC(COCCCC)[C@H](OCCCC)C(OCCCC)C1OCCCC. The summed E-state index contributed by atoms with van der Waals surface area (Å²) >= 11 is 0. The van der Waals surface area contributed by atoms with Crippen LogP contribution in [0.15, 0.2) is 12.7 Å². The summed E-state index contributed by atoms with van der Waals surface area (Å²) in [5, 5.41) is 9.87. The molecule has 0 aromatic carbocycles. The molecule has 1 rings (SSSR count). The summed E-state index contributed by atoms with van der Waals surface area (Å²) in [5.41, 5.74) is 0. The summed E-state index contributed by atoms with van der Waals surface area (Å²) in [5.74, 6) is 0. The molecule has 3 unspecified atom stereocenters. The van der Waals surface area contributed by atoms with E-state index in [2.05, 4.69) is 34.3 Å². The van der Waals surface area contributed by atoms with Gasteiger partial charge in [-0.2, -0.15) is 0 Å². The Bertz CT molecular complexity index is 476. The fourth-order valence-corrected chi connectivity index (χ4v) is 3.67. The molecule has 6 atom stereocenters. The summed E-state index contributed by atoms with van der Waals surface area (Å²) in [6.45, 7) is 15.5. The minimum Gasteiger partial charge on any atom is -0.389 e. The van der Waals surface area contributed by atoms with Crippen molar-refractivity contribution in [2.75, 3.05) is 39.6 Å². The number of hydrogen-bond donors (Lipinski definition) is 1. The maximum absolute atomic E-state index is 9.87. The highest BCUT2D eigenvalue weighted by molar-refractivity contribution is 4.93. The van der Waals surface area contributed by atoms with Gasteiger partial charge < -0.3 is 33.5 Å². The summed E-state index contributed by atoms with van der Waals surface area (Å²) in [7, 11) is 0. The minimum atomic E-state index is -0.619. The van der Waals surface area contributed by atoms with Gasteiger partial charge in [-0.25, -0.2) is 0 Å². The van der Waals surface area contributed by atoms with E-state index in [9.17, 15) is 5.11 Å². The molecule has 0 aromatic heterocycles. The molecule has 0 amide bonds. The van der Waals surface area contributed by atoms with E-state index in [1.165, 1.54) is 6.08 Å². The van der Waals surface area contributed by atoms with Crippen molar-refractivity contribution in [1.82, 2.24) is 0 Å². The van der Waals surface area contributed by atoms with E-state index in [-0.39, 0.29) is 18.3 Å². The maximum Gasteiger partial charge on any atom is 0.186 e. The zero-order valence-corrected chi connectivity index (χ0v) is 22.3. The van der Waals surface area contributed by atoms with E-state index in [1.807, 2.05) is 0 Å². The van der Waals surface area contributed by atoms with Gasteiger partial charge in [0.15, 0.2) is 6.29 Å². The largest absolute Gasteiger partial charge is 0.389 e. The molecule has 0 saturated carbocycles. The molecule has 1 aliphatic heterocycles. The lowest BCUT2D eigenvalue weighted by Crippen LogP contribution is -2.62. The van der Waals surface area contributed by atoms with E-state index >= 15 is 0 Å². The molecule has 7 nitrogen and oxygen atoms in total. The lowest BCUT2D eigenvalue weighted by atomic mass is 9.98. The van der Waals surface area contributed by atoms with Crippen molar-refractivity contribution in [2.24, 2.45) is 0 Å². The predicted octanol–water partition coefficient (Wildman–Crippen LogP) is 5.04. The molecule has 1 fully saturated rings. The van der Waals surface area contributed by atoms with Crippen molar-refractivity contribution in [3.63, 3.8) is 0 Å². The van der Waals surface area contributed by atoms with Gasteiger partial charge in [-0.3, -0.25) is 0 Å². The Hall–Kier alpha value is -0.540. The molecular weight excluding hydrogens is 436 g/mol. The normalized spacial score (nSPS) is 26.0. The summed E-state index contributed by atoms with van der Waals surface area (Å²) in [6.07, 6.45) is 7.50. The molecule has 202 valence electrons. The van der Waals surface area contributed by atoms with Crippen molar-refractivity contribution in [3.8, 4) is 0 Å². The minimum absolute atomic E-state index is 0.296. The first kappa shape index (κ1) is 31.5. The Morgan fingerprint density at radius 2 is 1.26 bits per heavy atom. The van der Waals surface area contributed by atoms with E-state index < -0.39 is 18.5 Å². The molecular formula is C27H52O7. The topological polar surface area (TPSA) is 75.6 Å². The Morgan fingerprint density at radius 3 is 1.82 bits per heavy atom. The molecule has 1 N–H and O–H groups in total. The summed E-state index contributed by atoms with van der Waals surface area (Å²) < 4.78 is 37.6. The fraction of sp³-hybridized carbons (Fsp3) is 0.926. The van der Waals surface area contributed by atoms with Crippen molar-refractivity contribution in [2.45, 2.75) is 122 Å². The van der Waals surface area contributed by atoms with Crippen LogP contribution in [0.2, 0.25) is 0 Å². The zero-order valence-electron chi connectivity index (χ0n) is 22.3. The second-order valence-electron chi connectivity index (χ2n) is 9.00. The Balaban J connectivity index is 3.07. The fourth-order valence-electron chi connectivity index (χ4n) is 3.67. The van der Waals surface area contributed by atoms with E-state index in [4.69, 9.17) is 28.4 Å². The van der Waals surface area contributed by atoms with Crippen LogP contribution in [0, 0.1) is 0 Å². The van der Waals surface area contributed by atoms with E-state index in [0.29, 0.717) is 46.1 Å². The van der Waals surface area contributed by atoms with Crippen LogP contribution < -0.4 is 0 Å². The van der Waals surface area contributed by atoms with Gasteiger partial charge in [0.2, 0.25) is 0 Å². The number of unbranched alkanes of at least 4 members (excludes halogenated alkanes) is 4. The standard InChI is InChI=1S/C27H52O7/c1-6-11-16-29-21-23-24(30-17-12-7-2)25(31-18-13-8-3)26(32-19-14-9-4)27(34-23)33-20-15-22(28)10-5/h10,22-28H,5-9,11-21H2,1-4H3/t22-,23?,24+,25?,26?,27+/m1/s1. The quantitative estimate of drug-likeness (QED) is 0.169. The van der Waals surface area contributed by atoms with Crippen LogP contribution in [0.5, 0.6) is 0 Å². The molecule has 0 aliphatic carbocycles. The molecule has 34 heavy (non-hydrogen) atoms. The molecule has 0 spiro atoms. The van der Waals surface area contributed by atoms with Gasteiger partial charge in [0, 0.05) is 32.8 Å². The van der Waals surface area contributed by atoms with Crippen LogP contribution >= 0.6 is 0 Å². The Labute approximate surface area is 208 Å². The first-order valence-corrected chi connectivity index (χ1v) is 13.6. The van der Waals surface area contributed by atoms with Crippen LogP contribution in [-0.2, 0) is 28.4 Å². The van der Waals surface area contributed by atoms with Crippen molar-refractivity contribution >= 4 is 0 Å². The third-order valence-electron chi connectivity index (χ3n) is 5.91. The van der Waals surface area contributed by atoms with Crippen LogP contribution in [0.3, 0.4) is 0 Å². The number of hydrogen-bond acceptors (Lipinski definition) is 7. The Kier molecular flexibility index (Phi) is 19.1. The van der Waals surface area contributed by atoms with Gasteiger partial charge in [-0.1, -0.05) is 59.5 Å². The third-order valence-corrected chi connectivity index (χ3v) is 5.91. The zero-order chi connectivity index (χ0) is 25.0. The molecule has 1 saturated heterocycles. The summed E-state index contributed by atoms with van der Waals surface area (Å²) in [4.78, 5) is 0.